The van der Waals surface area contributed by atoms with E-state index in [0.717, 1.165) is 50.1 Å². The Balaban J connectivity index is 0.658. The average molecular weight is 1810 g/mol. The summed E-state index contributed by atoms with van der Waals surface area (Å²) in [5.74, 6) is -1.87. The summed E-state index contributed by atoms with van der Waals surface area (Å²) in [5, 5.41) is 12.1. The van der Waals surface area contributed by atoms with Crippen molar-refractivity contribution >= 4 is 123 Å². The van der Waals surface area contributed by atoms with E-state index in [1.807, 2.05) is 57.5 Å². The average Bonchev–Trinajstić information content (AvgIpc) is 0.855. The normalized spacial score (nSPS) is 16.5. The minimum atomic E-state index is -3.91. The van der Waals surface area contributed by atoms with Crippen molar-refractivity contribution in [2.75, 3.05) is 152 Å². The summed E-state index contributed by atoms with van der Waals surface area (Å²) in [4.78, 5) is 65.9. The second kappa shape index (κ2) is 45.8. The number of likely N-dealkylation sites (N-methyl/N-ethyl adjacent to an activating group) is 3. The number of hydrogen-bond acceptors (Lipinski definition) is 20. The number of amides is 3. The van der Waals surface area contributed by atoms with Gasteiger partial charge in [-0.05, 0) is 176 Å². The van der Waals surface area contributed by atoms with Crippen LogP contribution in [0.1, 0.15) is 126 Å². The highest BCUT2D eigenvalue weighted by Gasteiger charge is 2.36. The maximum atomic E-state index is 13.9. The summed E-state index contributed by atoms with van der Waals surface area (Å²) >= 11 is 39.0. The zero-order chi connectivity index (χ0) is 84.4. The van der Waals surface area contributed by atoms with Crippen molar-refractivity contribution in [3.8, 4) is 0 Å². The Bertz CT molecular complexity index is 4470. The van der Waals surface area contributed by atoms with Crippen molar-refractivity contribution in [2.45, 2.75) is 122 Å². The molecule has 0 saturated carbocycles. The number of sulfone groups is 1. The number of benzene rings is 6. The number of ether oxygens (including phenoxy) is 6. The van der Waals surface area contributed by atoms with Gasteiger partial charge in [-0.15, -0.1) is 0 Å². The van der Waals surface area contributed by atoms with Gasteiger partial charge in [0.25, 0.3) is 0 Å². The van der Waals surface area contributed by atoms with Crippen molar-refractivity contribution in [1.82, 2.24) is 49.6 Å². The fraction of sp³-hybridized carbons (Fsp3) is 0.482. The van der Waals surface area contributed by atoms with Crippen LogP contribution in [0.15, 0.2) is 143 Å². The molecule has 1 unspecified atom stereocenters. The van der Waals surface area contributed by atoms with Crippen LogP contribution in [0.2, 0.25) is 30.1 Å². The molecule has 0 radical (unpaired) electrons. The Morgan fingerprint density at radius 3 is 1.25 bits per heavy atom. The topological polar surface area (TPSA) is 314 Å². The van der Waals surface area contributed by atoms with Crippen LogP contribution in [0.4, 0.5) is 0 Å². The molecule has 0 aliphatic carbocycles. The SMILES string of the molecule is CN1Cc2c(Cl)cc(Cl)cc2[C@H](c2cccc(S(=O)(=O)CCCOCCOCCNC(=O)CCC(CCC(=O)CCCOCCOCCNS(=O)(=O)c3cccc([C@@H]4CN(C)Cc5c(Cl)cc(Cl)cc54)c3)(CCC(=O)NCCOCCOCCNS(=O)(=O)c3cccc([C@@H]4CN(C)Cc5c(Cl)cc(Cl)cc54)c3)NC(=O)Cn3ccnc3)c2)C1. The molecule has 118 heavy (non-hydrogen) atoms. The van der Waals surface area contributed by atoms with E-state index in [1.165, 1.54) is 18.6 Å². The second-order valence-electron chi connectivity index (χ2n) is 29.9. The number of nitrogens with one attached hydrogen (secondary N) is 5. The highest BCUT2D eigenvalue weighted by Crippen LogP contribution is 2.43. The molecule has 3 aliphatic rings. The van der Waals surface area contributed by atoms with E-state index in [-0.39, 0.29) is 219 Å². The van der Waals surface area contributed by atoms with E-state index in [0.29, 0.717) is 75.8 Å². The molecule has 5 N–H and O–H groups in total. The molecule has 3 amide bonds. The molecule has 35 heteroatoms. The molecule has 1 aromatic heterocycles. The van der Waals surface area contributed by atoms with Crippen molar-refractivity contribution in [2.24, 2.45) is 0 Å². The number of rotatable bonds is 49. The van der Waals surface area contributed by atoms with Gasteiger partial charge in [0.15, 0.2) is 9.84 Å². The zero-order valence-electron chi connectivity index (χ0n) is 66.5. The molecule has 26 nitrogen and oxygen atoms in total. The third-order valence-electron chi connectivity index (χ3n) is 20.8. The van der Waals surface area contributed by atoms with Crippen LogP contribution in [0.5, 0.6) is 0 Å². The molecular formula is C83H104Cl6N10O16S3. The maximum absolute atomic E-state index is 13.9. The van der Waals surface area contributed by atoms with Gasteiger partial charge in [0.2, 0.25) is 37.8 Å². The lowest BCUT2D eigenvalue weighted by Gasteiger charge is -2.35. The number of Topliss-reactive ketones (excluding diaryl/α,β-unsaturated/α-hetero) is 1. The lowest BCUT2D eigenvalue weighted by molar-refractivity contribution is -0.127. The van der Waals surface area contributed by atoms with Gasteiger partial charge >= 0.3 is 0 Å². The highest BCUT2D eigenvalue weighted by molar-refractivity contribution is 7.91. The number of aromatic nitrogens is 2. The Kier molecular flexibility index (Phi) is 36.5. The Morgan fingerprint density at radius 2 is 0.831 bits per heavy atom. The Morgan fingerprint density at radius 1 is 0.449 bits per heavy atom. The first kappa shape index (κ1) is 94.0. The Hall–Kier alpha value is -6.24. The van der Waals surface area contributed by atoms with E-state index >= 15 is 0 Å². The maximum Gasteiger partial charge on any atom is 0.240 e. The number of fused-ring (bicyclic) bond motifs is 3. The molecule has 3 aliphatic heterocycles. The molecule has 0 saturated heterocycles. The minimum absolute atomic E-state index is 0.00106. The molecule has 10 rings (SSSR count). The van der Waals surface area contributed by atoms with Gasteiger partial charge in [-0.2, -0.15) is 0 Å². The summed E-state index contributed by atoms with van der Waals surface area (Å²) < 4.78 is 122. The highest BCUT2D eigenvalue weighted by atomic mass is 35.5. The summed E-state index contributed by atoms with van der Waals surface area (Å²) in [7, 11) is -5.50. The molecule has 642 valence electrons. The molecular weight excluding hydrogens is 1700 g/mol. The predicted molar refractivity (Wildman–Crippen MR) is 456 cm³/mol. The van der Waals surface area contributed by atoms with E-state index in [2.05, 4.69) is 45.1 Å². The van der Waals surface area contributed by atoms with Crippen LogP contribution < -0.4 is 25.4 Å². The number of sulfonamides is 2. The predicted octanol–water partition coefficient (Wildman–Crippen LogP) is 11.2. The van der Waals surface area contributed by atoms with Crippen LogP contribution >= 0.6 is 69.6 Å². The van der Waals surface area contributed by atoms with Crippen molar-refractivity contribution in [3.05, 3.63) is 208 Å². The summed E-state index contributed by atoms with van der Waals surface area (Å²) in [6, 6.07) is 31.5. The van der Waals surface area contributed by atoms with E-state index in [1.54, 1.807) is 77.5 Å². The third kappa shape index (κ3) is 28.4. The Labute approximate surface area is 722 Å². The standard InChI is InChI=1S/C83H104Cl6N10O16S3/c1-96-50-71(68-44-61(84)47-77(87)74(68)53-96)58-9-4-13-65(41-58)116(104,105)40-8-29-111-35-36-112-30-23-91-80(101)17-20-83(95-82(103)56-99-27-22-90-57-99,19-16-64(100)12-7-28-110-34-37-114-32-25-93-117(106,107)66-14-5-10-59(42-66)72-51-97(2)54-75-69(72)45-62(85)48-78(75)88)21-18-81(102)92-24-31-113-38-39-115-33-26-94-118(108,109)67-15-6-11-60(43-67)73-52-98(3)55-76-70(73)46-63(86)49-79(76)89/h4-6,9-11,13-15,22,27,41-49,57,71-73,93-94H,7-8,12,16-21,23-26,28-40,50-56H2,1-3H3,(H,91,101)(H,92,102)(H,95,103)/t71-,72-,73-,83?/m0/s1. The van der Waals surface area contributed by atoms with Gasteiger partial charge < -0.3 is 63.6 Å². The van der Waals surface area contributed by atoms with Gasteiger partial charge in [0, 0.05) is 170 Å². The fourth-order valence-corrected chi connectivity index (χ4v) is 20.1. The number of halogens is 6. The van der Waals surface area contributed by atoms with E-state index in [4.69, 9.17) is 98.0 Å². The van der Waals surface area contributed by atoms with Crippen molar-refractivity contribution in [3.63, 3.8) is 0 Å². The zero-order valence-corrected chi connectivity index (χ0v) is 73.4. The summed E-state index contributed by atoms with van der Waals surface area (Å²) in [5.41, 5.74) is 7.02. The van der Waals surface area contributed by atoms with Gasteiger partial charge in [-0.3, -0.25) is 19.2 Å². The number of ketones is 1. The van der Waals surface area contributed by atoms with Gasteiger partial charge in [-0.1, -0.05) is 106 Å². The molecule has 7 aromatic rings. The minimum Gasteiger partial charge on any atom is -0.379 e. The quantitative estimate of drug-likeness (QED) is 0.0221. The van der Waals surface area contributed by atoms with Crippen LogP contribution in [0, 0.1) is 0 Å². The van der Waals surface area contributed by atoms with E-state index < -0.39 is 41.3 Å². The van der Waals surface area contributed by atoms with Gasteiger partial charge in [-0.25, -0.2) is 39.7 Å². The van der Waals surface area contributed by atoms with Crippen LogP contribution in [-0.4, -0.2) is 231 Å². The number of hydrogen-bond donors (Lipinski definition) is 5. The molecule has 0 spiro atoms. The van der Waals surface area contributed by atoms with Gasteiger partial charge in [0.05, 0.1) is 92.8 Å². The fourth-order valence-electron chi connectivity index (χ4n) is 14.9. The van der Waals surface area contributed by atoms with Crippen LogP contribution in [-0.2, 0) is 104 Å². The molecule has 4 heterocycles. The smallest absolute Gasteiger partial charge is 0.240 e. The summed E-state index contributed by atoms with van der Waals surface area (Å²) in [6.45, 7) is 5.76. The molecule has 0 bridgehead atoms. The lowest BCUT2D eigenvalue weighted by atomic mass is 9.82. The number of imidazole rings is 1. The van der Waals surface area contributed by atoms with E-state index in [9.17, 15) is 44.4 Å². The molecule has 0 fully saturated rings. The molecule has 6 aromatic carbocycles. The second-order valence-corrected chi connectivity index (χ2v) is 38.1. The lowest BCUT2D eigenvalue weighted by Crippen LogP contribution is -2.51. The number of carbonyl (C=O) groups excluding carboxylic acids is 4. The van der Waals surface area contributed by atoms with Gasteiger partial charge in [0.1, 0.15) is 12.3 Å². The first-order chi connectivity index (χ1) is 56.5. The summed E-state index contributed by atoms with van der Waals surface area (Å²) in [6.07, 6.45) is 5.35. The molecule has 4 atom stereocenters. The number of nitrogens with zero attached hydrogens (tertiary/aromatic N) is 5. The monoisotopic (exact) mass is 1800 g/mol. The van der Waals surface area contributed by atoms with Crippen molar-refractivity contribution in [1.29, 1.82) is 0 Å². The third-order valence-corrected chi connectivity index (χ3v) is 27.2. The largest absolute Gasteiger partial charge is 0.379 e. The number of carbonyl (C=O) groups is 4. The van der Waals surface area contributed by atoms with Crippen molar-refractivity contribution < 1.29 is 72.9 Å². The van der Waals surface area contributed by atoms with Crippen LogP contribution in [0.25, 0.3) is 0 Å². The first-order valence-electron chi connectivity index (χ1n) is 39.3. The van der Waals surface area contributed by atoms with Crippen LogP contribution in [0.3, 0.4) is 0 Å². The first-order valence-corrected chi connectivity index (χ1v) is 46.2.